The van der Waals surface area contributed by atoms with Gasteiger partial charge in [-0.1, -0.05) is 146 Å². The van der Waals surface area contributed by atoms with E-state index in [1.54, 1.807) is 0 Å². The van der Waals surface area contributed by atoms with E-state index >= 15 is 0 Å². The molecule has 248 valence electrons. The second-order valence-electron chi connectivity index (χ2n) is 13.7. The molecule has 0 saturated carbocycles. The fourth-order valence-electron chi connectivity index (χ4n) is 8.19. The molecule has 2 aromatic heterocycles. The van der Waals surface area contributed by atoms with Gasteiger partial charge in [-0.15, -0.1) is 22.7 Å². The van der Waals surface area contributed by atoms with Crippen LogP contribution in [0, 0.1) is 0 Å². The fraction of sp³-hybridized carbons (Fsp3) is 0. The van der Waals surface area contributed by atoms with Crippen molar-refractivity contribution >= 4 is 102 Å². The van der Waals surface area contributed by atoms with Crippen molar-refractivity contribution in [2.45, 2.75) is 0 Å². The maximum atomic E-state index is 2.56. The fourth-order valence-corrected chi connectivity index (χ4v) is 10.6. The van der Waals surface area contributed by atoms with Gasteiger partial charge in [-0.3, -0.25) is 0 Å². The Morgan fingerprint density at radius 1 is 0.340 bits per heavy atom. The molecule has 9 aromatic carbocycles. The van der Waals surface area contributed by atoms with Crippen LogP contribution in [0.5, 0.6) is 0 Å². The highest BCUT2D eigenvalue weighted by Crippen LogP contribution is 2.52. The Balaban J connectivity index is 1.30. The van der Waals surface area contributed by atoms with Crippen molar-refractivity contribution in [3.8, 4) is 22.3 Å². The van der Waals surface area contributed by atoms with Crippen molar-refractivity contribution in [1.29, 1.82) is 0 Å². The van der Waals surface area contributed by atoms with Gasteiger partial charge in [0.1, 0.15) is 0 Å². The van der Waals surface area contributed by atoms with Crippen LogP contribution >= 0.6 is 22.7 Å². The molecule has 1 nitrogen and oxygen atoms in total. The molecule has 0 saturated heterocycles. The number of anilines is 3. The molecule has 0 amide bonds. The zero-order valence-corrected chi connectivity index (χ0v) is 30.3. The summed E-state index contributed by atoms with van der Waals surface area (Å²) in [5.41, 5.74) is 8.42. The zero-order valence-electron chi connectivity index (χ0n) is 28.7. The van der Waals surface area contributed by atoms with E-state index in [2.05, 4.69) is 193 Å². The van der Waals surface area contributed by atoms with Crippen LogP contribution in [-0.2, 0) is 0 Å². The molecule has 0 N–H and O–H groups in total. The lowest BCUT2D eigenvalue weighted by molar-refractivity contribution is 1.33. The van der Waals surface area contributed by atoms with Gasteiger partial charge in [0.05, 0.1) is 11.4 Å². The van der Waals surface area contributed by atoms with Gasteiger partial charge in [-0.25, -0.2) is 0 Å². The van der Waals surface area contributed by atoms with Crippen molar-refractivity contribution in [1.82, 2.24) is 0 Å². The minimum atomic E-state index is 1.14. The summed E-state index contributed by atoms with van der Waals surface area (Å²) in [5, 5.41) is 10.1. The SMILES string of the molecule is c1ccc(-c2cc(N(c3ccc4ccc5ccccc5c4c3)c3ccc(-c4ccccc4)c4sc5ccccc5c34)c3c(c2)sc2ccccc23)cc1. The van der Waals surface area contributed by atoms with Crippen LogP contribution in [0.1, 0.15) is 0 Å². The molecule has 0 aliphatic rings. The Bertz CT molecular complexity index is 3170. The Kier molecular flexibility index (Phi) is 6.97. The first-order chi connectivity index (χ1) is 26.3. The van der Waals surface area contributed by atoms with Gasteiger partial charge in [0.15, 0.2) is 0 Å². The van der Waals surface area contributed by atoms with E-state index in [0.29, 0.717) is 0 Å². The highest BCUT2D eigenvalue weighted by molar-refractivity contribution is 7.26. The maximum absolute atomic E-state index is 2.56. The molecule has 11 rings (SSSR count). The van der Waals surface area contributed by atoms with E-state index < -0.39 is 0 Å². The predicted octanol–water partition coefficient (Wildman–Crippen LogP) is 15.5. The summed E-state index contributed by atoms with van der Waals surface area (Å²) in [5.74, 6) is 0. The summed E-state index contributed by atoms with van der Waals surface area (Å²) in [4.78, 5) is 2.56. The average Bonchev–Trinajstić information content (AvgIpc) is 3.81. The largest absolute Gasteiger partial charge is 0.309 e. The molecular weight excluding hydrogens is 679 g/mol. The normalized spacial score (nSPS) is 11.8. The van der Waals surface area contributed by atoms with Crippen molar-refractivity contribution in [2.75, 3.05) is 4.90 Å². The molecule has 3 heteroatoms. The number of hydrogen-bond acceptors (Lipinski definition) is 3. The lowest BCUT2D eigenvalue weighted by Gasteiger charge is -2.29. The highest BCUT2D eigenvalue weighted by atomic mass is 32.1. The Labute approximate surface area is 315 Å². The lowest BCUT2D eigenvalue weighted by atomic mass is 9.97. The van der Waals surface area contributed by atoms with Crippen LogP contribution in [0.4, 0.5) is 17.1 Å². The molecule has 0 radical (unpaired) electrons. The summed E-state index contributed by atoms with van der Waals surface area (Å²) in [7, 11) is 0. The van der Waals surface area contributed by atoms with Gasteiger partial charge < -0.3 is 4.90 Å². The van der Waals surface area contributed by atoms with E-state index in [1.807, 2.05) is 22.7 Å². The van der Waals surface area contributed by atoms with Gasteiger partial charge in [-0.05, 0) is 86.3 Å². The molecule has 0 aliphatic heterocycles. The summed E-state index contributed by atoms with van der Waals surface area (Å²) < 4.78 is 5.17. The molecule has 53 heavy (non-hydrogen) atoms. The topological polar surface area (TPSA) is 3.24 Å². The van der Waals surface area contributed by atoms with Crippen LogP contribution in [0.15, 0.2) is 188 Å². The van der Waals surface area contributed by atoms with Crippen molar-refractivity contribution in [2.24, 2.45) is 0 Å². The summed E-state index contributed by atoms with van der Waals surface area (Å²) in [6, 6.07) is 69.3. The third-order valence-corrected chi connectivity index (χ3v) is 12.9. The second-order valence-corrected chi connectivity index (χ2v) is 15.8. The molecule has 0 fully saturated rings. The molecule has 0 spiro atoms. The standard InChI is InChI=1S/C50H31NS2/c1-3-13-32(14-4-1)36-29-44(48-40-19-9-11-21-45(40)52-47(48)30-36)51(37-26-25-35-24-23-34-17-7-8-18-38(34)42(35)31-37)43-28-27-39(33-15-5-2-6-16-33)50-49(43)41-20-10-12-22-46(41)53-50/h1-31H. The van der Waals surface area contributed by atoms with Crippen molar-refractivity contribution in [3.05, 3.63) is 188 Å². The van der Waals surface area contributed by atoms with Crippen LogP contribution in [0.3, 0.4) is 0 Å². The first-order valence-corrected chi connectivity index (χ1v) is 19.6. The first-order valence-electron chi connectivity index (χ1n) is 18.0. The average molecular weight is 710 g/mol. The Hall–Kier alpha value is -6.26. The van der Waals surface area contributed by atoms with Crippen molar-refractivity contribution in [3.63, 3.8) is 0 Å². The van der Waals surface area contributed by atoms with E-state index in [1.165, 1.54) is 95.5 Å². The number of nitrogens with zero attached hydrogens (tertiary/aromatic N) is 1. The number of benzene rings is 9. The number of fused-ring (bicyclic) bond motifs is 9. The van der Waals surface area contributed by atoms with Gasteiger partial charge in [0, 0.05) is 46.0 Å². The smallest absolute Gasteiger partial charge is 0.0561 e. The van der Waals surface area contributed by atoms with Crippen molar-refractivity contribution < 1.29 is 0 Å². The van der Waals surface area contributed by atoms with E-state index in [0.717, 1.165) is 5.69 Å². The van der Waals surface area contributed by atoms with Crippen LogP contribution < -0.4 is 4.90 Å². The minimum Gasteiger partial charge on any atom is -0.309 e. The van der Waals surface area contributed by atoms with Crippen LogP contribution in [0.25, 0.3) is 84.1 Å². The number of rotatable bonds is 5. The Morgan fingerprint density at radius 3 is 1.72 bits per heavy atom. The zero-order chi connectivity index (χ0) is 34.9. The molecule has 0 bridgehead atoms. The second kappa shape index (κ2) is 12.2. The van der Waals surface area contributed by atoms with E-state index in [-0.39, 0.29) is 0 Å². The predicted molar refractivity (Wildman–Crippen MR) is 233 cm³/mol. The number of thiophene rings is 2. The number of hydrogen-bond donors (Lipinski definition) is 0. The molecule has 0 unspecified atom stereocenters. The molecule has 11 aromatic rings. The van der Waals surface area contributed by atoms with E-state index in [4.69, 9.17) is 0 Å². The van der Waals surface area contributed by atoms with Gasteiger partial charge in [-0.2, -0.15) is 0 Å². The van der Waals surface area contributed by atoms with E-state index in [9.17, 15) is 0 Å². The highest BCUT2D eigenvalue weighted by Gasteiger charge is 2.25. The summed E-state index contributed by atoms with van der Waals surface area (Å²) >= 11 is 3.77. The Morgan fingerprint density at radius 2 is 0.943 bits per heavy atom. The van der Waals surface area contributed by atoms with Gasteiger partial charge in [0.25, 0.3) is 0 Å². The third kappa shape index (κ3) is 4.89. The van der Waals surface area contributed by atoms with Gasteiger partial charge in [0.2, 0.25) is 0 Å². The summed E-state index contributed by atoms with van der Waals surface area (Å²) in [6.07, 6.45) is 0. The molecular formula is C50H31NS2. The minimum absolute atomic E-state index is 1.14. The molecule has 0 aliphatic carbocycles. The monoisotopic (exact) mass is 709 g/mol. The first kappa shape index (κ1) is 30.4. The maximum Gasteiger partial charge on any atom is 0.0561 e. The van der Waals surface area contributed by atoms with Crippen LogP contribution in [0.2, 0.25) is 0 Å². The van der Waals surface area contributed by atoms with Crippen LogP contribution in [-0.4, -0.2) is 0 Å². The van der Waals surface area contributed by atoms with Gasteiger partial charge >= 0.3 is 0 Å². The summed E-state index contributed by atoms with van der Waals surface area (Å²) in [6.45, 7) is 0. The quantitative estimate of drug-likeness (QED) is 0.161. The lowest BCUT2D eigenvalue weighted by Crippen LogP contribution is -2.11. The molecule has 0 atom stereocenters. The molecule has 2 heterocycles. The third-order valence-electron chi connectivity index (χ3n) is 10.6.